The van der Waals surface area contributed by atoms with Gasteiger partial charge in [0.05, 0.1) is 11.0 Å². The van der Waals surface area contributed by atoms with Gasteiger partial charge < -0.3 is 10.6 Å². The number of pyridine rings is 2. The van der Waals surface area contributed by atoms with Gasteiger partial charge in [-0.2, -0.15) is 0 Å². The third-order valence-electron chi connectivity index (χ3n) is 4.78. The smallest absolute Gasteiger partial charge is 0.0722 e. The van der Waals surface area contributed by atoms with Crippen LogP contribution in [0.25, 0.3) is 21.8 Å². The molecule has 2 heterocycles. The van der Waals surface area contributed by atoms with E-state index in [1.165, 1.54) is 28.6 Å². The van der Waals surface area contributed by atoms with Crippen molar-refractivity contribution in [3.63, 3.8) is 0 Å². The number of hydrogen-bond donors (Lipinski definition) is 2. The Morgan fingerprint density at radius 2 is 1.04 bits per heavy atom. The lowest BCUT2D eigenvalue weighted by molar-refractivity contribution is 0.721. The SMILES string of the molecule is c1ccc2c(NCCCCCNc3ccnc4ccccc34)ccnc2c1. The highest BCUT2D eigenvalue weighted by Gasteiger charge is 2.01. The summed E-state index contributed by atoms with van der Waals surface area (Å²) < 4.78 is 0. The standard InChI is InChI=1S/C23H24N4/c1(6-14-24-22-12-16-26-20-10-4-2-8-18(20)22)7-15-25-23-13-17-27-21-11-5-3-9-19(21)23/h2-5,8-13,16-17H,1,6-7,14-15H2,(H,24,26)(H,25,27). The zero-order chi connectivity index (χ0) is 18.3. The molecule has 2 aromatic heterocycles. The van der Waals surface area contributed by atoms with E-state index in [0.717, 1.165) is 37.0 Å². The Kier molecular flexibility index (Phi) is 5.44. The maximum atomic E-state index is 4.41. The molecule has 4 aromatic rings. The summed E-state index contributed by atoms with van der Waals surface area (Å²) in [4.78, 5) is 8.82. The molecule has 0 amide bonds. The minimum atomic E-state index is 0.978. The van der Waals surface area contributed by atoms with Gasteiger partial charge in [-0.3, -0.25) is 9.97 Å². The summed E-state index contributed by atoms with van der Waals surface area (Å²) in [6, 6.07) is 20.6. The molecule has 0 saturated carbocycles. The van der Waals surface area contributed by atoms with Crippen molar-refractivity contribution in [1.82, 2.24) is 9.97 Å². The summed E-state index contributed by atoms with van der Waals surface area (Å²) in [5, 5.41) is 9.48. The Bertz CT molecular complexity index is 935. The zero-order valence-corrected chi connectivity index (χ0v) is 15.4. The predicted octanol–water partition coefficient (Wildman–Crippen LogP) is 5.48. The molecule has 4 heteroatoms. The largest absolute Gasteiger partial charge is 0.384 e. The summed E-state index contributed by atoms with van der Waals surface area (Å²) in [5.74, 6) is 0. The second-order valence-corrected chi connectivity index (χ2v) is 6.67. The number of rotatable bonds is 8. The van der Waals surface area contributed by atoms with Crippen molar-refractivity contribution < 1.29 is 0 Å². The molecule has 4 rings (SSSR count). The average molecular weight is 356 g/mol. The Morgan fingerprint density at radius 3 is 1.56 bits per heavy atom. The fraction of sp³-hybridized carbons (Fsp3) is 0.217. The monoisotopic (exact) mass is 356 g/mol. The van der Waals surface area contributed by atoms with Gasteiger partial charge in [0.15, 0.2) is 0 Å². The van der Waals surface area contributed by atoms with Crippen LogP contribution in [0.5, 0.6) is 0 Å². The number of anilines is 2. The van der Waals surface area contributed by atoms with E-state index < -0.39 is 0 Å². The van der Waals surface area contributed by atoms with Gasteiger partial charge in [0.25, 0.3) is 0 Å². The van der Waals surface area contributed by atoms with Crippen molar-refractivity contribution in [3.8, 4) is 0 Å². The minimum absolute atomic E-state index is 0.978. The summed E-state index contributed by atoms with van der Waals surface area (Å²) >= 11 is 0. The second kappa shape index (κ2) is 8.49. The van der Waals surface area contributed by atoms with E-state index >= 15 is 0 Å². The molecule has 0 atom stereocenters. The van der Waals surface area contributed by atoms with Crippen LogP contribution in [0.15, 0.2) is 73.1 Å². The van der Waals surface area contributed by atoms with Crippen LogP contribution in [0.2, 0.25) is 0 Å². The van der Waals surface area contributed by atoms with Crippen LogP contribution in [-0.4, -0.2) is 23.1 Å². The number of unbranched alkanes of at least 4 members (excludes halogenated alkanes) is 2. The van der Waals surface area contributed by atoms with E-state index in [1.54, 1.807) is 0 Å². The van der Waals surface area contributed by atoms with Gasteiger partial charge in [-0.15, -0.1) is 0 Å². The van der Waals surface area contributed by atoms with E-state index in [9.17, 15) is 0 Å². The number of hydrogen-bond acceptors (Lipinski definition) is 4. The molecule has 4 nitrogen and oxygen atoms in total. The molecule has 2 aromatic carbocycles. The topological polar surface area (TPSA) is 49.8 Å². The van der Waals surface area contributed by atoms with Crippen molar-refractivity contribution in [1.29, 1.82) is 0 Å². The number of benzene rings is 2. The first-order valence-electron chi connectivity index (χ1n) is 9.57. The predicted molar refractivity (Wildman–Crippen MR) is 114 cm³/mol. The van der Waals surface area contributed by atoms with Crippen LogP contribution in [0.1, 0.15) is 19.3 Å². The van der Waals surface area contributed by atoms with E-state index in [1.807, 2.05) is 24.5 Å². The molecule has 0 unspecified atom stereocenters. The number of nitrogens with zero attached hydrogens (tertiary/aromatic N) is 2. The first-order valence-corrected chi connectivity index (χ1v) is 9.57. The lowest BCUT2D eigenvalue weighted by Gasteiger charge is -2.10. The molecule has 136 valence electrons. The van der Waals surface area contributed by atoms with E-state index in [2.05, 4.69) is 69.1 Å². The van der Waals surface area contributed by atoms with E-state index in [4.69, 9.17) is 0 Å². The average Bonchev–Trinajstić information content (AvgIpc) is 2.73. The summed E-state index contributed by atoms with van der Waals surface area (Å²) in [6.07, 6.45) is 7.22. The highest BCUT2D eigenvalue weighted by atomic mass is 14.9. The maximum absolute atomic E-state index is 4.41. The maximum Gasteiger partial charge on any atom is 0.0722 e. The van der Waals surface area contributed by atoms with Crippen molar-refractivity contribution in [2.75, 3.05) is 23.7 Å². The van der Waals surface area contributed by atoms with Gasteiger partial charge in [-0.1, -0.05) is 36.4 Å². The molecule has 0 aliphatic rings. The zero-order valence-electron chi connectivity index (χ0n) is 15.4. The highest BCUT2D eigenvalue weighted by Crippen LogP contribution is 2.22. The molecular formula is C23H24N4. The van der Waals surface area contributed by atoms with Crippen LogP contribution in [-0.2, 0) is 0 Å². The van der Waals surface area contributed by atoms with Crippen molar-refractivity contribution in [2.45, 2.75) is 19.3 Å². The number of aromatic nitrogens is 2. The normalized spacial score (nSPS) is 11.0. The van der Waals surface area contributed by atoms with Crippen LogP contribution in [0.4, 0.5) is 11.4 Å². The quantitative estimate of drug-likeness (QED) is 0.411. The second-order valence-electron chi connectivity index (χ2n) is 6.67. The van der Waals surface area contributed by atoms with Gasteiger partial charge in [-0.05, 0) is 43.5 Å². The summed E-state index contributed by atoms with van der Waals surface area (Å²) in [5.41, 5.74) is 4.41. The van der Waals surface area contributed by atoms with Gasteiger partial charge >= 0.3 is 0 Å². The Morgan fingerprint density at radius 1 is 0.556 bits per heavy atom. The van der Waals surface area contributed by atoms with Crippen molar-refractivity contribution >= 4 is 33.2 Å². The third-order valence-corrected chi connectivity index (χ3v) is 4.78. The molecule has 0 aliphatic heterocycles. The third kappa shape index (κ3) is 4.17. The summed E-state index contributed by atoms with van der Waals surface area (Å²) in [7, 11) is 0. The van der Waals surface area contributed by atoms with Crippen molar-refractivity contribution in [2.24, 2.45) is 0 Å². The van der Waals surface area contributed by atoms with Gasteiger partial charge in [-0.25, -0.2) is 0 Å². The Balaban J connectivity index is 1.22. The molecular weight excluding hydrogens is 332 g/mol. The minimum Gasteiger partial charge on any atom is -0.384 e. The van der Waals surface area contributed by atoms with Gasteiger partial charge in [0.2, 0.25) is 0 Å². The first-order chi connectivity index (χ1) is 13.4. The van der Waals surface area contributed by atoms with E-state index in [0.29, 0.717) is 0 Å². The van der Waals surface area contributed by atoms with Crippen LogP contribution >= 0.6 is 0 Å². The molecule has 27 heavy (non-hydrogen) atoms. The molecule has 2 N–H and O–H groups in total. The molecule has 0 spiro atoms. The molecule has 0 fully saturated rings. The molecule has 0 radical (unpaired) electrons. The Hall–Kier alpha value is -3.14. The number of fused-ring (bicyclic) bond motifs is 2. The lowest BCUT2D eigenvalue weighted by Crippen LogP contribution is -2.05. The van der Waals surface area contributed by atoms with Gasteiger partial charge in [0, 0.05) is 47.6 Å². The van der Waals surface area contributed by atoms with Crippen LogP contribution in [0.3, 0.4) is 0 Å². The number of para-hydroxylation sites is 2. The first kappa shape index (κ1) is 17.3. The fourth-order valence-electron chi connectivity index (χ4n) is 3.37. The highest BCUT2D eigenvalue weighted by molar-refractivity contribution is 5.91. The van der Waals surface area contributed by atoms with Gasteiger partial charge in [0.1, 0.15) is 0 Å². The van der Waals surface area contributed by atoms with Crippen molar-refractivity contribution in [3.05, 3.63) is 73.1 Å². The number of nitrogens with one attached hydrogen (secondary N) is 2. The summed E-state index contributed by atoms with van der Waals surface area (Å²) in [6.45, 7) is 1.96. The molecule has 0 saturated heterocycles. The van der Waals surface area contributed by atoms with Crippen LogP contribution < -0.4 is 10.6 Å². The van der Waals surface area contributed by atoms with Crippen LogP contribution in [0, 0.1) is 0 Å². The van der Waals surface area contributed by atoms with E-state index in [-0.39, 0.29) is 0 Å². The molecule has 0 aliphatic carbocycles. The molecule has 0 bridgehead atoms. The fourth-order valence-corrected chi connectivity index (χ4v) is 3.37. The Labute approximate surface area is 159 Å². The lowest BCUT2D eigenvalue weighted by atomic mass is 10.1.